The van der Waals surface area contributed by atoms with Gasteiger partial charge in [0.2, 0.25) is 0 Å². The highest BCUT2D eigenvalue weighted by Crippen LogP contribution is 2.50. The molecule has 5 heteroatoms. The molecule has 11 aromatic rings. The Labute approximate surface area is 321 Å². The molecule has 0 spiro atoms. The molecule has 0 saturated carbocycles. The number of nitrogens with zero attached hydrogens (tertiary/aromatic N) is 4. The van der Waals surface area contributed by atoms with Crippen molar-refractivity contribution in [2.45, 2.75) is 19.3 Å². The van der Waals surface area contributed by atoms with Crippen molar-refractivity contribution in [3.05, 3.63) is 169 Å². The van der Waals surface area contributed by atoms with Gasteiger partial charge in [0, 0.05) is 70.1 Å². The molecule has 7 aromatic carbocycles. The Balaban J connectivity index is 1.10. The van der Waals surface area contributed by atoms with Crippen molar-refractivity contribution in [1.29, 1.82) is 0 Å². The number of benzene rings is 7. The zero-order valence-electron chi connectivity index (χ0n) is 30.2. The number of rotatable bonds is 3. The summed E-state index contributed by atoms with van der Waals surface area (Å²) in [6.45, 7) is 4.64. The van der Waals surface area contributed by atoms with Gasteiger partial charge in [-0.2, -0.15) is 0 Å². The molecule has 0 fully saturated rings. The van der Waals surface area contributed by atoms with Crippen LogP contribution in [0.15, 0.2) is 158 Å². The molecule has 4 nitrogen and oxygen atoms in total. The molecule has 55 heavy (non-hydrogen) atoms. The molecule has 0 bridgehead atoms. The molecule has 0 saturated heterocycles. The van der Waals surface area contributed by atoms with Crippen LogP contribution >= 0.6 is 11.3 Å². The van der Waals surface area contributed by atoms with E-state index >= 15 is 0 Å². The summed E-state index contributed by atoms with van der Waals surface area (Å²) >= 11 is 1.88. The van der Waals surface area contributed by atoms with Gasteiger partial charge in [0.25, 0.3) is 0 Å². The standard InChI is InChI=1S/C50H32N4S/c1-50(2)39-21-8-5-15-32(39)33-25-24-29(28-40(33)50)45-38-20-12-26-51-49(38)53-48(52-45)30-13-11-14-31(27-30)54-41-22-9-6-18-36(41)43-34-16-3-4-17-35(34)47-44(46(43)54)37-19-7-10-23-42(37)55-47/h3-28H,1-2H3. The number of para-hydroxylation sites is 1. The van der Waals surface area contributed by atoms with Crippen molar-refractivity contribution in [3.8, 4) is 39.5 Å². The van der Waals surface area contributed by atoms with Gasteiger partial charge >= 0.3 is 0 Å². The molecule has 0 atom stereocenters. The Bertz CT molecular complexity index is 3420. The third-order valence-electron chi connectivity index (χ3n) is 11.8. The van der Waals surface area contributed by atoms with Gasteiger partial charge in [-0.1, -0.05) is 123 Å². The topological polar surface area (TPSA) is 43.6 Å². The Morgan fingerprint density at radius 2 is 1.29 bits per heavy atom. The van der Waals surface area contributed by atoms with Crippen LogP contribution in [0.25, 0.3) is 103 Å². The van der Waals surface area contributed by atoms with Crippen LogP contribution in [-0.4, -0.2) is 19.5 Å². The number of pyridine rings is 1. The molecule has 1 aliphatic carbocycles. The van der Waals surface area contributed by atoms with Gasteiger partial charge in [0.15, 0.2) is 11.5 Å². The van der Waals surface area contributed by atoms with Gasteiger partial charge in [0.05, 0.1) is 16.7 Å². The van der Waals surface area contributed by atoms with E-state index in [0.29, 0.717) is 11.5 Å². The van der Waals surface area contributed by atoms with Crippen LogP contribution in [0, 0.1) is 0 Å². The van der Waals surface area contributed by atoms with Crippen LogP contribution in [0.4, 0.5) is 0 Å². The van der Waals surface area contributed by atoms with E-state index in [4.69, 9.17) is 15.0 Å². The van der Waals surface area contributed by atoms with Crippen molar-refractivity contribution in [2.24, 2.45) is 0 Å². The van der Waals surface area contributed by atoms with E-state index in [2.05, 4.69) is 164 Å². The average molecular weight is 721 g/mol. The normalized spacial score (nSPS) is 13.4. The molecule has 0 unspecified atom stereocenters. The quantitative estimate of drug-likeness (QED) is 0.182. The van der Waals surface area contributed by atoms with Crippen LogP contribution in [0.3, 0.4) is 0 Å². The first-order valence-corrected chi connectivity index (χ1v) is 19.6. The van der Waals surface area contributed by atoms with Crippen molar-refractivity contribution in [1.82, 2.24) is 19.5 Å². The van der Waals surface area contributed by atoms with Gasteiger partial charge in [-0.25, -0.2) is 15.0 Å². The van der Waals surface area contributed by atoms with E-state index in [1.54, 1.807) is 0 Å². The number of thiophene rings is 1. The summed E-state index contributed by atoms with van der Waals surface area (Å²) in [6, 6.07) is 54.9. The number of hydrogen-bond acceptors (Lipinski definition) is 4. The van der Waals surface area contributed by atoms with E-state index in [1.165, 1.54) is 75.0 Å². The van der Waals surface area contributed by atoms with Crippen molar-refractivity contribution >= 4 is 75.1 Å². The first-order chi connectivity index (χ1) is 27.0. The second kappa shape index (κ2) is 11.2. The van der Waals surface area contributed by atoms with Gasteiger partial charge in [-0.05, 0) is 70.1 Å². The van der Waals surface area contributed by atoms with E-state index < -0.39 is 0 Å². The Hall–Kier alpha value is -6.69. The molecule has 0 aliphatic heterocycles. The average Bonchev–Trinajstić information content (AvgIpc) is 3.87. The van der Waals surface area contributed by atoms with Crippen molar-refractivity contribution in [2.75, 3.05) is 0 Å². The summed E-state index contributed by atoms with van der Waals surface area (Å²) in [6.07, 6.45) is 1.82. The summed E-state index contributed by atoms with van der Waals surface area (Å²) in [4.78, 5) is 15.3. The monoisotopic (exact) mass is 720 g/mol. The largest absolute Gasteiger partial charge is 0.309 e. The molecule has 258 valence electrons. The summed E-state index contributed by atoms with van der Waals surface area (Å²) < 4.78 is 5.07. The van der Waals surface area contributed by atoms with Gasteiger partial charge < -0.3 is 4.57 Å². The van der Waals surface area contributed by atoms with Gasteiger partial charge in [-0.3, -0.25) is 0 Å². The second-order valence-electron chi connectivity index (χ2n) is 15.2. The van der Waals surface area contributed by atoms with Crippen molar-refractivity contribution in [3.63, 3.8) is 0 Å². The van der Waals surface area contributed by atoms with E-state index in [1.807, 2.05) is 23.6 Å². The molecular weight excluding hydrogens is 689 g/mol. The summed E-state index contributed by atoms with van der Waals surface area (Å²) in [5.74, 6) is 0.656. The van der Waals surface area contributed by atoms with Crippen molar-refractivity contribution < 1.29 is 0 Å². The predicted octanol–water partition coefficient (Wildman–Crippen LogP) is 13.3. The lowest BCUT2D eigenvalue weighted by atomic mass is 9.82. The highest BCUT2D eigenvalue weighted by atomic mass is 32.1. The summed E-state index contributed by atoms with van der Waals surface area (Å²) in [5.41, 5.74) is 12.2. The van der Waals surface area contributed by atoms with Gasteiger partial charge in [-0.15, -0.1) is 11.3 Å². The lowest BCUT2D eigenvalue weighted by molar-refractivity contribution is 0.660. The molecular formula is C50H32N4S. The SMILES string of the molecule is CC1(C)c2ccccc2-c2ccc(-c3nc(-c4cccc(-n5c6ccccc6c6c7ccccc7c7sc8ccccc8c7c65)c4)nc4ncccc34)cc21. The molecule has 4 heterocycles. The minimum absolute atomic E-state index is 0.118. The van der Waals surface area contributed by atoms with Gasteiger partial charge in [0.1, 0.15) is 0 Å². The Kier molecular flexibility index (Phi) is 6.24. The zero-order valence-corrected chi connectivity index (χ0v) is 31.0. The van der Waals surface area contributed by atoms with E-state index in [-0.39, 0.29) is 5.41 Å². The maximum Gasteiger partial charge on any atom is 0.163 e. The maximum absolute atomic E-state index is 5.38. The summed E-state index contributed by atoms with van der Waals surface area (Å²) in [7, 11) is 0. The predicted molar refractivity (Wildman–Crippen MR) is 231 cm³/mol. The number of aromatic nitrogens is 4. The van der Waals surface area contributed by atoms with E-state index in [9.17, 15) is 0 Å². The van der Waals surface area contributed by atoms with Crippen LogP contribution in [0.5, 0.6) is 0 Å². The highest BCUT2D eigenvalue weighted by Gasteiger charge is 2.35. The smallest absolute Gasteiger partial charge is 0.163 e. The lowest BCUT2D eigenvalue weighted by Gasteiger charge is -2.22. The summed E-state index contributed by atoms with van der Waals surface area (Å²) in [5, 5.41) is 8.62. The lowest BCUT2D eigenvalue weighted by Crippen LogP contribution is -2.15. The molecule has 0 radical (unpaired) electrons. The zero-order chi connectivity index (χ0) is 36.4. The fourth-order valence-electron chi connectivity index (χ4n) is 9.33. The molecule has 0 amide bonds. The molecule has 12 rings (SSSR count). The third-order valence-corrected chi connectivity index (χ3v) is 13.0. The van der Waals surface area contributed by atoms with E-state index in [0.717, 1.165) is 27.9 Å². The Morgan fingerprint density at radius 1 is 0.545 bits per heavy atom. The fourth-order valence-corrected chi connectivity index (χ4v) is 10.6. The fraction of sp³-hybridized carbons (Fsp3) is 0.0600. The third kappa shape index (κ3) is 4.24. The van der Waals surface area contributed by atoms with Crippen LogP contribution < -0.4 is 0 Å². The minimum atomic E-state index is -0.118. The number of hydrogen-bond donors (Lipinski definition) is 0. The Morgan fingerprint density at radius 3 is 2.20 bits per heavy atom. The highest BCUT2D eigenvalue weighted by molar-refractivity contribution is 7.27. The molecule has 1 aliphatic rings. The molecule has 0 N–H and O–H groups in total. The minimum Gasteiger partial charge on any atom is -0.309 e. The first kappa shape index (κ1) is 30.7. The number of fused-ring (bicyclic) bond motifs is 14. The maximum atomic E-state index is 5.38. The first-order valence-electron chi connectivity index (χ1n) is 18.8. The molecule has 4 aromatic heterocycles. The van der Waals surface area contributed by atoms with Crippen LogP contribution in [0.1, 0.15) is 25.0 Å². The second-order valence-corrected chi connectivity index (χ2v) is 16.2. The van der Waals surface area contributed by atoms with Crippen LogP contribution in [0.2, 0.25) is 0 Å². The van der Waals surface area contributed by atoms with Crippen LogP contribution in [-0.2, 0) is 5.41 Å².